The second kappa shape index (κ2) is 10.0. The van der Waals surface area contributed by atoms with Crippen LogP contribution in [0.4, 0.5) is 5.69 Å². The minimum atomic E-state index is 0. The van der Waals surface area contributed by atoms with Crippen LogP contribution in [0.5, 0.6) is 0 Å². The quantitative estimate of drug-likeness (QED) is 0.865. The molecule has 0 saturated carbocycles. The van der Waals surface area contributed by atoms with E-state index in [2.05, 4.69) is 31.3 Å². The number of benzene rings is 1. The highest BCUT2D eigenvalue weighted by Crippen LogP contribution is 2.21. The molecule has 6 heteroatoms. The van der Waals surface area contributed by atoms with E-state index in [4.69, 9.17) is 5.73 Å². The number of hydrogen-bond acceptors (Lipinski definition) is 3. The van der Waals surface area contributed by atoms with Gasteiger partial charge < -0.3 is 16.0 Å². The lowest BCUT2D eigenvalue weighted by Gasteiger charge is -2.34. The summed E-state index contributed by atoms with van der Waals surface area (Å²) in [5.74, 6) is 0.603. The van der Waals surface area contributed by atoms with Gasteiger partial charge >= 0.3 is 0 Å². The Kier molecular flexibility index (Phi) is 9.59. The van der Waals surface area contributed by atoms with E-state index in [1.807, 2.05) is 17.9 Å². The molecule has 1 aromatic carbocycles. The van der Waals surface area contributed by atoms with Gasteiger partial charge in [0.15, 0.2) is 0 Å². The number of nitrogens with two attached hydrogens (primary N) is 1. The molecule has 1 aromatic rings. The zero-order valence-electron chi connectivity index (χ0n) is 14.2. The molecule has 3 N–H and O–H groups in total. The van der Waals surface area contributed by atoms with Gasteiger partial charge in [-0.3, -0.25) is 4.79 Å². The minimum Gasteiger partial charge on any atom is -0.376 e. The largest absolute Gasteiger partial charge is 0.376 e. The third-order valence-electron chi connectivity index (χ3n) is 4.45. The Balaban J connectivity index is 0.00000242. The summed E-state index contributed by atoms with van der Waals surface area (Å²) in [6.45, 7) is 8.17. The number of carbonyl (C=O) groups is 1. The van der Waals surface area contributed by atoms with Crippen molar-refractivity contribution in [1.29, 1.82) is 0 Å². The van der Waals surface area contributed by atoms with Crippen molar-refractivity contribution < 1.29 is 4.79 Å². The van der Waals surface area contributed by atoms with Gasteiger partial charge in [0, 0.05) is 24.8 Å². The van der Waals surface area contributed by atoms with Gasteiger partial charge in [0.25, 0.3) is 0 Å². The van der Waals surface area contributed by atoms with Gasteiger partial charge in [-0.15, -0.1) is 24.8 Å². The van der Waals surface area contributed by atoms with Crippen LogP contribution in [0, 0.1) is 19.8 Å². The average molecular weight is 362 g/mol. The van der Waals surface area contributed by atoms with E-state index >= 15 is 0 Å². The number of aryl methyl sites for hydroxylation is 2. The molecule has 0 spiro atoms. The number of anilines is 1. The van der Waals surface area contributed by atoms with Gasteiger partial charge in [-0.05, 0) is 50.7 Å². The molecule has 4 nitrogen and oxygen atoms in total. The molecule has 132 valence electrons. The van der Waals surface area contributed by atoms with Crippen LogP contribution in [0.2, 0.25) is 0 Å². The van der Waals surface area contributed by atoms with Crippen LogP contribution in [-0.4, -0.2) is 36.5 Å². The SMILES string of the molecule is Cc1cccc(C)c1NCC(=O)N1CCCC(C(C)N)C1.Cl.Cl. The summed E-state index contributed by atoms with van der Waals surface area (Å²) in [4.78, 5) is 14.3. The molecule has 2 atom stereocenters. The highest BCUT2D eigenvalue weighted by atomic mass is 35.5. The van der Waals surface area contributed by atoms with Gasteiger partial charge in [-0.2, -0.15) is 0 Å². The zero-order chi connectivity index (χ0) is 15.4. The fourth-order valence-corrected chi connectivity index (χ4v) is 3.03. The zero-order valence-corrected chi connectivity index (χ0v) is 15.8. The topological polar surface area (TPSA) is 58.4 Å². The molecule has 23 heavy (non-hydrogen) atoms. The first-order valence-corrected chi connectivity index (χ1v) is 7.82. The van der Waals surface area contributed by atoms with E-state index in [-0.39, 0.29) is 36.8 Å². The second-order valence-electron chi connectivity index (χ2n) is 6.22. The van der Waals surface area contributed by atoms with E-state index < -0.39 is 0 Å². The van der Waals surface area contributed by atoms with E-state index in [0.29, 0.717) is 12.5 Å². The number of piperidine rings is 1. The van der Waals surface area contributed by atoms with Crippen molar-refractivity contribution in [3.8, 4) is 0 Å². The highest BCUT2D eigenvalue weighted by molar-refractivity contribution is 5.85. The molecule has 1 aliphatic rings. The fraction of sp³-hybridized carbons (Fsp3) is 0.588. The monoisotopic (exact) mass is 361 g/mol. The predicted octanol–water partition coefficient (Wildman–Crippen LogP) is 3.14. The maximum absolute atomic E-state index is 12.4. The molecule has 0 aliphatic carbocycles. The molecule has 1 saturated heterocycles. The first-order valence-electron chi connectivity index (χ1n) is 7.82. The number of carbonyl (C=O) groups excluding carboxylic acids is 1. The smallest absolute Gasteiger partial charge is 0.241 e. The number of rotatable bonds is 4. The number of nitrogens with one attached hydrogen (secondary N) is 1. The van der Waals surface area contributed by atoms with Crippen LogP contribution in [-0.2, 0) is 4.79 Å². The molecule has 0 bridgehead atoms. The Hall–Kier alpha value is -0.970. The normalized spacial score (nSPS) is 18.4. The highest BCUT2D eigenvalue weighted by Gasteiger charge is 2.25. The van der Waals surface area contributed by atoms with Crippen molar-refractivity contribution in [2.45, 2.75) is 39.7 Å². The van der Waals surface area contributed by atoms with Gasteiger partial charge in [0.05, 0.1) is 6.54 Å². The summed E-state index contributed by atoms with van der Waals surface area (Å²) in [5.41, 5.74) is 9.41. The molecular formula is C17H29Cl2N3O. The Morgan fingerprint density at radius 3 is 2.52 bits per heavy atom. The Bertz CT molecular complexity index is 488. The number of amides is 1. The summed E-state index contributed by atoms with van der Waals surface area (Å²) in [7, 11) is 0. The summed E-state index contributed by atoms with van der Waals surface area (Å²) in [6.07, 6.45) is 2.19. The van der Waals surface area contributed by atoms with Crippen LogP contribution >= 0.6 is 24.8 Å². The summed E-state index contributed by atoms with van der Waals surface area (Å²) >= 11 is 0. The Labute approximate surface area is 152 Å². The molecule has 2 rings (SSSR count). The van der Waals surface area contributed by atoms with Gasteiger partial charge in [0.2, 0.25) is 5.91 Å². The van der Waals surface area contributed by atoms with Crippen molar-refractivity contribution in [2.75, 3.05) is 25.0 Å². The lowest BCUT2D eigenvalue weighted by molar-refractivity contribution is -0.131. The second-order valence-corrected chi connectivity index (χ2v) is 6.22. The predicted molar refractivity (Wildman–Crippen MR) is 102 cm³/mol. The maximum Gasteiger partial charge on any atom is 0.241 e. The molecular weight excluding hydrogens is 333 g/mol. The standard InChI is InChI=1S/C17H27N3O.2ClH/c1-12-6-4-7-13(2)17(12)19-10-16(21)20-9-5-8-15(11-20)14(3)18;;/h4,6-7,14-15,19H,5,8-11,18H2,1-3H3;2*1H. The number of likely N-dealkylation sites (tertiary alicyclic amines) is 1. The van der Waals surface area contributed by atoms with Crippen molar-refractivity contribution in [3.63, 3.8) is 0 Å². The van der Waals surface area contributed by atoms with Crippen LogP contribution < -0.4 is 11.1 Å². The molecule has 1 aliphatic heterocycles. The summed E-state index contributed by atoms with van der Waals surface area (Å²) in [5, 5.41) is 3.30. The van der Waals surface area contributed by atoms with Crippen molar-refractivity contribution in [3.05, 3.63) is 29.3 Å². The Morgan fingerprint density at radius 1 is 1.35 bits per heavy atom. The van der Waals surface area contributed by atoms with Crippen LogP contribution in [0.1, 0.15) is 30.9 Å². The number of para-hydroxylation sites is 1. The fourth-order valence-electron chi connectivity index (χ4n) is 3.03. The summed E-state index contributed by atoms with van der Waals surface area (Å²) in [6, 6.07) is 6.32. The van der Waals surface area contributed by atoms with Gasteiger partial charge in [-0.25, -0.2) is 0 Å². The lowest BCUT2D eigenvalue weighted by Crippen LogP contribution is -2.46. The maximum atomic E-state index is 12.4. The first-order chi connectivity index (χ1) is 9.99. The van der Waals surface area contributed by atoms with E-state index in [9.17, 15) is 4.79 Å². The average Bonchev–Trinajstić information content (AvgIpc) is 2.46. The number of halogens is 2. The minimum absolute atomic E-state index is 0. The number of nitrogens with zero attached hydrogens (tertiary/aromatic N) is 1. The third-order valence-corrected chi connectivity index (χ3v) is 4.45. The summed E-state index contributed by atoms with van der Waals surface area (Å²) < 4.78 is 0. The lowest BCUT2D eigenvalue weighted by atomic mass is 9.92. The van der Waals surface area contributed by atoms with Crippen molar-refractivity contribution in [1.82, 2.24) is 4.90 Å². The molecule has 0 aromatic heterocycles. The first kappa shape index (κ1) is 22.0. The van der Waals surface area contributed by atoms with Gasteiger partial charge in [0.1, 0.15) is 0 Å². The van der Waals surface area contributed by atoms with Crippen molar-refractivity contribution in [2.24, 2.45) is 11.7 Å². The number of hydrogen-bond donors (Lipinski definition) is 2. The Morgan fingerprint density at radius 2 is 1.96 bits per heavy atom. The molecule has 1 heterocycles. The van der Waals surface area contributed by atoms with Crippen LogP contribution in [0.25, 0.3) is 0 Å². The third kappa shape index (κ3) is 5.87. The van der Waals surface area contributed by atoms with E-state index in [0.717, 1.165) is 31.6 Å². The molecule has 2 unspecified atom stereocenters. The molecule has 1 amide bonds. The van der Waals surface area contributed by atoms with Crippen LogP contribution in [0.3, 0.4) is 0 Å². The van der Waals surface area contributed by atoms with Crippen LogP contribution in [0.15, 0.2) is 18.2 Å². The van der Waals surface area contributed by atoms with Crippen molar-refractivity contribution >= 4 is 36.4 Å². The molecule has 1 fully saturated rings. The van der Waals surface area contributed by atoms with E-state index in [1.54, 1.807) is 0 Å². The molecule has 0 radical (unpaired) electrons. The van der Waals surface area contributed by atoms with E-state index in [1.165, 1.54) is 11.1 Å². The van der Waals surface area contributed by atoms with Gasteiger partial charge in [-0.1, -0.05) is 18.2 Å².